The summed E-state index contributed by atoms with van der Waals surface area (Å²) in [5.41, 5.74) is -0.244. The van der Waals surface area contributed by atoms with Gasteiger partial charge >= 0.3 is 0 Å². The third-order valence-electron chi connectivity index (χ3n) is 2.52. The van der Waals surface area contributed by atoms with Crippen molar-refractivity contribution in [2.24, 2.45) is 0 Å². The van der Waals surface area contributed by atoms with Crippen LogP contribution in [-0.4, -0.2) is 5.11 Å². The van der Waals surface area contributed by atoms with Gasteiger partial charge in [0.05, 0.1) is 16.0 Å². The molecule has 14 heavy (non-hydrogen) atoms. The second kappa shape index (κ2) is 2.96. The molecule has 0 aromatic heterocycles. The smallest absolute Gasteiger partial charge is 0.137 e. The molecule has 0 heterocycles. The Labute approximate surface area is 89.1 Å². The van der Waals surface area contributed by atoms with E-state index in [1.54, 1.807) is 0 Å². The number of hydrogen-bond donors (Lipinski definition) is 1. The van der Waals surface area contributed by atoms with E-state index in [1.807, 2.05) is 0 Å². The van der Waals surface area contributed by atoms with Gasteiger partial charge in [-0.1, -0.05) is 0 Å². The van der Waals surface area contributed by atoms with Gasteiger partial charge in [-0.3, -0.25) is 0 Å². The molecule has 2 rings (SSSR count). The second-order valence-corrected chi connectivity index (χ2v) is 4.33. The van der Waals surface area contributed by atoms with Gasteiger partial charge in [-0.05, 0) is 40.9 Å². The first-order valence-electron chi connectivity index (χ1n) is 4.19. The van der Waals surface area contributed by atoms with E-state index < -0.39 is 11.2 Å². The summed E-state index contributed by atoms with van der Waals surface area (Å²) in [4.78, 5) is 0. The first-order valence-corrected chi connectivity index (χ1v) is 4.98. The van der Waals surface area contributed by atoms with E-state index in [4.69, 9.17) is 5.26 Å². The molecule has 72 valence electrons. The van der Waals surface area contributed by atoms with E-state index in [0.717, 1.165) is 0 Å². The average Bonchev–Trinajstić information content (AvgIpc) is 2.92. The normalized spacial score (nSPS) is 17.5. The molecule has 0 saturated heterocycles. The molecule has 0 radical (unpaired) electrons. The number of phenolic OH excluding ortho intramolecular Hbond substituents is 1. The number of rotatable bonds is 1. The minimum Gasteiger partial charge on any atom is -0.508 e. The van der Waals surface area contributed by atoms with Crippen molar-refractivity contribution in [1.29, 1.82) is 5.26 Å². The molecular weight excluding hydrogens is 249 g/mol. The van der Waals surface area contributed by atoms with Crippen molar-refractivity contribution in [2.75, 3.05) is 0 Å². The maximum absolute atomic E-state index is 13.2. The Kier molecular flexibility index (Phi) is 2.00. The highest BCUT2D eigenvalue weighted by molar-refractivity contribution is 9.10. The number of halogens is 2. The molecule has 4 heteroatoms. The van der Waals surface area contributed by atoms with Crippen LogP contribution >= 0.6 is 15.9 Å². The van der Waals surface area contributed by atoms with Gasteiger partial charge in [0.2, 0.25) is 0 Å². The molecule has 0 atom stereocenters. The molecule has 1 N–H and O–H groups in total. The van der Waals surface area contributed by atoms with Crippen LogP contribution in [0.1, 0.15) is 18.4 Å². The van der Waals surface area contributed by atoms with E-state index in [9.17, 15) is 9.50 Å². The van der Waals surface area contributed by atoms with Gasteiger partial charge in [-0.15, -0.1) is 0 Å². The van der Waals surface area contributed by atoms with Gasteiger partial charge in [0.15, 0.2) is 0 Å². The third kappa shape index (κ3) is 1.28. The first-order chi connectivity index (χ1) is 6.59. The third-order valence-corrected chi connectivity index (χ3v) is 3.13. The number of hydrogen-bond acceptors (Lipinski definition) is 2. The van der Waals surface area contributed by atoms with Crippen LogP contribution in [0.3, 0.4) is 0 Å². The minimum atomic E-state index is -0.647. The van der Waals surface area contributed by atoms with Crippen molar-refractivity contribution in [3.05, 3.63) is 28.0 Å². The zero-order valence-electron chi connectivity index (χ0n) is 7.22. The Bertz CT molecular complexity index is 434. The van der Waals surface area contributed by atoms with Gasteiger partial charge in [0.25, 0.3) is 0 Å². The van der Waals surface area contributed by atoms with Gasteiger partial charge < -0.3 is 5.11 Å². The fourth-order valence-corrected chi connectivity index (χ4v) is 1.82. The molecule has 0 aliphatic heterocycles. The summed E-state index contributed by atoms with van der Waals surface area (Å²) in [7, 11) is 0. The van der Waals surface area contributed by atoms with Crippen molar-refractivity contribution in [3.8, 4) is 11.8 Å². The lowest BCUT2D eigenvalue weighted by Gasteiger charge is -2.09. The molecule has 1 aromatic carbocycles. The monoisotopic (exact) mass is 255 g/mol. The highest BCUT2D eigenvalue weighted by Gasteiger charge is 2.47. The highest BCUT2D eigenvalue weighted by atomic mass is 79.9. The quantitative estimate of drug-likeness (QED) is 0.839. The lowest BCUT2D eigenvalue weighted by Crippen LogP contribution is -2.03. The van der Waals surface area contributed by atoms with E-state index >= 15 is 0 Å². The molecule has 0 amide bonds. The van der Waals surface area contributed by atoms with E-state index in [1.165, 1.54) is 12.1 Å². The lowest BCUT2D eigenvalue weighted by molar-refractivity contribution is 0.461. The molecule has 0 unspecified atom stereocenters. The van der Waals surface area contributed by atoms with Crippen LogP contribution < -0.4 is 0 Å². The zero-order valence-corrected chi connectivity index (χ0v) is 8.81. The Morgan fingerprint density at radius 1 is 1.50 bits per heavy atom. The first kappa shape index (κ1) is 9.47. The van der Waals surface area contributed by atoms with Crippen LogP contribution in [0, 0.1) is 17.1 Å². The summed E-state index contributed by atoms with van der Waals surface area (Å²) >= 11 is 2.97. The van der Waals surface area contributed by atoms with Crippen LogP contribution in [-0.2, 0) is 5.41 Å². The molecule has 1 aliphatic rings. The highest BCUT2D eigenvalue weighted by Crippen LogP contribution is 2.51. The molecule has 2 nitrogen and oxygen atoms in total. The fraction of sp³-hybridized carbons (Fsp3) is 0.300. The number of benzene rings is 1. The summed E-state index contributed by atoms with van der Waals surface area (Å²) in [5.74, 6) is -0.461. The second-order valence-electron chi connectivity index (χ2n) is 3.48. The zero-order chi connectivity index (χ0) is 10.3. The van der Waals surface area contributed by atoms with Crippen LogP contribution in [0.4, 0.5) is 4.39 Å². The number of nitrogens with zero attached hydrogens (tertiary/aromatic N) is 1. The van der Waals surface area contributed by atoms with E-state index in [2.05, 4.69) is 22.0 Å². The summed E-state index contributed by atoms with van der Waals surface area (Å²) in [6.45, 7) is 0. The molecule has 0 spiro atoms. The Morgan fingerprint density at radius 2 is 2.14 bits per heavy atom. The van der Waals surface area contributed by atoms with Crippen LogP contribution in [0.25, 0.3) is 0 Å². The maximum Gasteiger partial charge on any atom is 0.137 e. The lowest BCUT2D eigenvalue weighted by atomic mass is 9.97. The Morgan fingerprint density at radius 3 is 2.64 bits per heavy atom. The summed E-state index contributed by atoms with van der Waals surface area (Å²) in [6.07, 6.45) is 1.39. The topological polar surface area (TPSA) is 44.0 Å². The molecule has 0 bridgehead atoms. The predicted octanol–water partition coefficient (Wildman–Crippen LogP) is 2.85. The number of phenols is 1. The van der Waals surface area contributed by atoms with E-state index in [0.29, 0.717) is 18.4 Å². The van der Waals surface area contributed by atoms with Gasteiger partial charge in [-0.2, -0.15) is 5.26 Å². The Balaban J connectivity index is 2.55. The maximum atomic E-state index is 13.2. The fourth-order valence-electron chi connectivity index (χ4n) is 1.49. The molecule has 1 saturated carbocycles. The molecule has 1 fully saturated rings. The standard InChI is InChI=1S/C10H7BrFNO/c11-7-4-9(14)6(3-8(7)12)10(5-13)1-2-10/h3-4,14H,1-2H2. The van der Waals surface area contributed by atoms with Crippen molar-refractivity contribution in [3.63, 3.8) is 0 Å². The van der Waals surface area contributed by atoms with Crippen LogP contribution in [0.5, 0.6) is 5.75 Å². The predicted molar refractivity (Wildman–Crippen MR) is 52.3 cm³/mol. The SMILES string of the molecule is N#CC1(c2cc(F)c(Br)cc2O)CC1. The average molecular weight is 256 g/mol. The van der Waals surface area contributed by atoms with Crippen LogP contribution in [0.2, 0.25) is 0 Å². The van der Waals surface area contributed by atoms with Crippen molar-refractivity contribution in [1.82, 2.24) is 0 Å². The van der Waals surface area contributed by atoms with Crippen molar-refractivity contribution >= 4 is 15.9 Å². The summed E-state index contributed by atoms with van der Waals surface area (Å²) in [6, 6.07) is 4.64. The largest absolute Gasteiger partial charge is 0.508 e. The summed E-state index contributed by atoms with van der Waals surface area (Å²) in [5, 5.41) is 18.5. The number of nitriles is 1. The van der Waals surface area contributed by atoms with Crippen LogP contribution in [0.15, 0.2) is 16.6 Å². The number of aromatic hydroxyl groups is 1. The van der Waals surface area contributed by atoms with Gasteiger partial charge in [0, 0.05) is 5.56 Å². The Hall–Kier alpha value is -1.08. The molecule has 1 aromatic rings. The summed E-state index contributed by atoms with van der Waals surface area (Å²) < 4.78 is 13.4. The molecule has 1 aliphatic carbocycles. The van der Waals surface area contributed by atoms with Gasteiger partial charge in [-0.25, -0.2) is 4.39 Å². The molecular formula is C10H7BrFNO. The van der Waals surface area contributed by atoms with E-state index in [-0.39, 0.29) is 10.2 Å². The van der Waals surface area contributed by atoms with Gasteiger partial charge in [0.1, 0.15) is 11.6 Å². The van der Waals surface area contributed by atoms with Crippen molar-refractivity contribution < 1.29 is 9.50 Å². The van der Waals surface area contributed by atoms with Crippen molar-refractivity contribution in [2.45, 2.75) is 18.3 Å². The minimum absolute atomic E-state index is 0.0164.